The molecule has 1 heterocycles. The zero-order valence-corrected chi connectivity index (χ0v) is 17.5. The number of carbonyl (C=O) groups excluding carboxylic acids is 2. The molecule has 0 radical (unpaired) electrons. The maximum absolute atomic E-state index is 12.5. The van der Waals surface area contributed by atoms with Gasteiger partial charge in [-0.2, -0.15) is 0 Å². The summed E-state index contributed by atoms with van der Waals surface area (Å²) in [5.74, 6) is -0.127. The summed E-state index contributed by atoms with van der Waals surface area (Å²) < 4.78 is 0. The third-order valence-electron chi connectivity index (χ3n) is 5.29. The van der Waals surface area contributed by atoms with Crippen LogP contribution in [0, 0.1) is 6.92 Å². The van der Waals surface area contributed by atoms with Gasteiger partial charge in [0.25, 0.3) is 5.91 Å². The number of rotatable bonds is 6. The molecule has 6 nitrogen and oxygen atoms in total. The second kappa shape index (κ2) is 9.67. The summed E-state index contributed by atoms with van der Waals surface area (Å²) in [5, 5.41) is 2.92. The molecule has 2 amide bonds. The molecule has 3 rings (SSSR count). The minimum absolute atomic E-state index is 0.0493. The van der Waals surface area contributed by atoms with Crippen molar-refractivity contribution in [2.45, 2.75) is 13.5 Å². The second-order valence-corrected chi connectivity index (χ2v) is 7.81. The highest BCUT2D eigenvalue weighted by atomic mass is 16.2. The fourth-order valence-electron chi connectivity index (χ4n) is 3.53. The molecule has 0 aliphatic carbocycles. The van der Waals surface area contributed by atoms with Crippen molar-refractivity contribution in [1.82, 2.24) is 14.7 Å². The Kier molecular flexibility index (Phi) is 7.01. The van der Waals surface area contributed by atoms with E-state index in [0.29, 0.717) is 17.8 Å². The number of nitrogens with one attached hydrogen (secondary N) is 1. The highest BCUT2D eigenvalue weighted by Gasteiger charge is 2.19. The SMILES string of the molecule is Cc1ccccc1CN1CCN(CC(=O)Nc2cccc(C(=O)N(C)C)c2)CC1. The number of hydrogen-bond acceptors (Lipinski definition) is 4. The molecule has 1 saturated heterocycles. The monoisotopic (exact) mass is 394 g/mol. The number of carbonyl (C=O) groups is 2. The third-order valence-corrected chi connectivity index (χ3v) is 5.29. The number of amides is 2. The zero-order chi connectivity index (χ0) is 20.8. The quantitative estimate of drug-likeness (QED) is 0.818. The van der Waals surface area contributed by atoms with Gasteiger partial charge in [-0.15, -0.1) is 0 Å². The molecule has 0 atom stereocenters. The molecule has 2 aromatic carbocycles. The van der Waals surface area contributed by atoms with Gasteiger partial charge in [-0.3, -0.25) is 19.4 Å². The predicted octanol–water partition coefficient (Wildman–Crippen LogP) is 2.45. The van der Waals surface area contributed by atoms with Crippen molar-refractivity contribution in [3.63, 3.8) is 0 Å². The fraction of sp³-hybridized carbons (Fsp3) is 0.391. The Balaban J connectivity index is 1.47. The number of aryl methyl sites for hydroxylation is 1. The minimum Gasteiger partial charge on any atom is -0.345 e. The van der Waals surface area contributed by atoms with E-state index in [2.05, 4.69) is 46.3 Å². The van der Waals surface area contributed by atoms with E-state index in [0.717, 1.165) is 32.7 Å². The summed E-state index contributed by atoms with van der Waals surface area (Å²) in [4.78, 5) is 30.7. The first-order chi connectivity index (χ1) is 13.9. The molecule has 29 heavy (non-hydrogen) atoms. The molecule has 1 fully saturated rings. The molecule has 1 N–H and O–H groups in total. The van der Waals surface area contributed by atoms with Crippen LogP contribution in [0.3, 0.4) is 0 Å². The van der Waals surface area contributed by atoms with Crippen LogP contribution in [0.15, 0.2) is 48.5 Å². The Morgan fingerprint density at radius 3 is 2.34 bits per heavy atom. The van der Waals surface area contributed by atoms with Crippen LogP contribution in [-0.4, -0.2) is 73.3 Å². The summed E-state index contributed by atoms with van der Waals surface area (Å²) in [5.41, 5.74) is 3.91. The lowest BCUT2D eigenvalue weighted by atomic mass is 10.1. The fourth-order valence-corrected chi connectivity index (χ4v) is 3.53. The Morgan fingerprint density at radius 2 is 1.66 bits per heavy atom. The number of benzene rings is 2. The smallest absolute Gasteiger partial charge is 0.253 e. The van der Waals surface area contributed by atoms with Crippen molar-refractivity contribution < 1.29 is 9.59 Å². The summed E-state index contributed by atoms with van der Waals surface area (Å²) in [6, 6.07) is 15.6. The summed E-state index contributed by atoms with van der Waals surface area (Å²) in [7, 11) is 3.43. The van der Waals surface area contributed by atoms with Crippen molar-refractivity contribution in [2.75, 3.05) is 52.1 Å². The molecule has 0 aromatic heterocycles. The van der Waals surface area contributed by atoms with Gasteiger partial charge in [-0.05, 0) is 36.2 Å². The van der Waals surface area contributed by atoms with Crippen LogP contribution in [0.4, 0.5) is 5.69 Å². The van der Waals surface area contributed by atoms with Gasteiger partial charge in [0.05, 0.1) is 6.54 Å². The second-order valence-electron chi connectivity index (χ2n) is 7.81. The van der Waals surface area contributed by atoms with Gasteiger partial charge in [0.15, 0.2) is 0 Å². The Morgan fingerprint density at radius 1 is 0.966 bits per heavy atom. The summed E-state index contributed by atoms with van der Waals surface area (Å²) in [6.07, 6.45) is 0. The number of nitrogens with zero attached hydrogens (tertiary/aromatic N) is 3. The van der Waals surface area contributed by atoms with Crippen molar-refractivity contribution in [2.24, 2.45) is 0 Å². The van der Waals surface area contributed by atoms with Crippen LogP contribution in [0.25, 0.3) is 0 Å². The first-order valence-corrected chi connectivity index (χ1v) is 10.0. The average molecular weight is 395 g/mol. The molecule has 0 spiro atoms. The van der Waals surface area contributed by atoms with Gasteiger partial charge < -0.3 is 10.2 Å². The van der Waals surface area contributed by atoms with E-state index in [4.69, 9.17) is 0 Å². The highest BCUT2D eigenvalue weighted by Crippen LogP contribution is 2.14. The van der Waals surface area contributed by atoms with E-state index in [1.807, 2.05) is 6.07 Å². The maximum Gasteiger partial charge on any atom is 0.253 e. The molecule has 0 saturated carbocycles. The van der Waals surface area contributed by atoms with Gasteiger partial charge in [0.2, 0.25) is 5.91 Å². The molecular weight excluding hydrogens is 364 g/mol. The molecule has 0 bridgehead atoms. The average Bonchev–Trinajstić information content (AvgIpc) is 2.70. The molecule has 0 unspecified atom stereocenters. The third kappa shape index (κ3) is 5.89. The van der Waals surface area contributed by atoms with E-state index in [-0.39, 0.29) is 11.8 Å². The lowest BCUT2D eigenvalue weighted by Crippen LogP contribution is -2.48. The van der Waals surface area contributed by atoms with Gasteiger partial charge in [-0.25, -0.2) is 0 Å². The van der Waals surface area contributed by atoms with Gasteiger partial charge in [-0.1, -0.05) is 30.3 Å². The number of hydrogen-bond donors (Lipinski definition) is 1. The van der Waals surface area contributed by atoms with E-state index >= 15 is 0 Å². The van der Waals surface area contributed by atoms with Gasteiger partial charge in [0, 0.05) is 58.1 Å². The minimum atomic E-state index is -0.0779. The lowest BCUT2D eigenvalue weighted by Gasteiger charge is -2.34. The van der Waals surface area contributed by atoms with E-state index in [9.17, 15) is 9.59 Å². The molecule has 6 heteroatoms. The molecule has 2 aromatic rings. The first-order valence-electron chi connectivity index (χ1n) is 10.0. The van der Waals surface area contributed by atoms with E-state index in [1.54, 1.807) is 32.3 Å². The van der Waals surface area contributed by atoms with Crippen LogP contribution >= 0.6 is 0 Å². The van der Waals surface area contributed by atoms with E-state index in [1.165, 1.54) is 16.0 Å². The summed E-state index contributed by atoms with van der Waals surface area (Å²) >= 11 is 0. The standard InChI is InChI=1S/C23H30N4O2/c1-18-7-4-5-8-20(18)16-26-11-13-27(14-12-26)17-22(28)24-21-10-6-9-19(15-21)23(29)25(2)3/h4-10,15H,11-14,16-17H2,1-3H3,(H,24,28). The van der Waals surface area contributed by atoms with Gasteiger partial charge in [0.1, 0.15) is 0 Å². The van der Waals surface area contributed by atoms with Crippen LogP contribution < -0.4 is 5.32 Å². The molecule has 1 aliphatic heterocycles. The van der Waals surface area contributed by atoms with E-state index < -0.39 is 0 Å². The first kappa shape index (κ1) is 21.0. The van der Waals surface area contributed by atoms with Crippen molar-refractivity contribution in [3.8, 4) is 0 Å². The number of piperazine rings is 1. The van der Waals surface area contributed by atoms with Crippen LogP contribution in [0.2, 0.25) is 0 Å². The van der Waals surface area contributed by atoms with Crippen LogP contribution in [0.5, 0.6) is 0 Å². The summed E-state index contributed by atoms with van der Waals surface area (Å²) in [6.45, 7) is 7.13. The van der Waals surface area contributed by atoms with Crippen molar-refractivity contribution in [3.05, 3.63) is 65.2 Å². The largest absolute Gasteiger partial charge is 0.345 e. The van der Waals surface area contributed by atoms with Crippen molar-refractivity contribution in [1.29, 1.82) is 0 Å². The van der Waals surface area contributed by atoms with Crippen LogP contribution in [-0.2, 0) is 11.3 Å². The Hall–Kier alpha value is -2.70. The lowest BCUT2D eigenvalue weighted by molar-refractivity contribution is -0.117. The number of anilines is 1. The Labute approximate surface area is 173 Å². The van der Waals surface area contributed by atoms with Crippen molar-refractivity contribution >= 4 is 17.5 Å². The molecule has 1 aliphatic rings. The topological polar surface area (TPSA) is 55.9 Å². The zero-order valence-electron chi connectivity index (χ0n) is 17.5. The molecular formula is C23H30N4O2. The van der Waals surface area contributed by atoms with Crippen LogP contribution in [0.1, 0.15) is 21.5 Å². The molecule has 154 valence electrons. The Bertz CT molecular complexity index is 857. The predicted molar refractivity (Wildman–Crippen MR) is 116 cm³/mol. The van der Waals surface area contributed by atoms with Gasteiger partial charge >= 0.3 is 0 Å². The highest BCUT2D eigenvalue weighted by molar-refractivity contribution is 5.97. The maximum atomic E-state index is 12.5. The normalized spacial score (nSPS) is 15.1.